The van der Waals surface area contributed by atoms with E-state index in [-0.39, 0.29) is 5.41 Å². The Hall–Kier alpha value is -1.58. The monoisotopic (exact) mass is 270 g/mol. The van der Waals surface area contributed by atoms with Gasteiger partial charge in [-0.15, -0.1) is 0 Å². The van der Waals surface area contributed by atoms with Gasteiger partial charge in [-0.1, -0.05) is 57.4 Å². The van der Waals surface area contributed by atoms with Crippen LogP contribution in [0.4, 0.5) is 0 Å². The summed E-state index contributed by atoms with van der Waals surface area (Å²) in [7, 11) is -1.51. The Bertz CT molecular complexity index is 543. The first-order valence-corrected chi connectivity index (χ1v) is 6.72. The molecule has 0 aromatic carbocycles. The number of hydrogen-bond acceptors (Lipinski definition) is 2. The fourth-order valence-electron chi connectivity index (χ4n) is 2.55. The third kappa shape index (κ3) is 2.95. The van der Waals surface area contributed by atoms with Crippen molar-refractivity contribution in [3.05, 3.63) is 71.3 Å². The van der Waals surface area contributed by atoms with Crippen LogP contribution in [0.3, 0.4) is 0 Å². The van der Waals surface area contributed by atoms with Gasteiger partial charge in [-0.05, 0) is 41.6 Å². The van der Waals surface area contributed by atoms with Gasteiger partial charge in [-0.2, -0.15) is 0 Å². The van der Waals surface area contributed by atoms with Gasteiger partial charge in [0.15, 0.2) is 0 Å². The number of allylic oxidation sites excluding steroid dienone is 10. The molecule has 2 nitrogen and oxygen atoms in total. The summed E-state index contributed by atoms with van der Waals surface area (Å²) >= 11 is 0. The first-order chi connectivity index (χ1) is 9.27. The molecule has 3 heteroatoms. The topological polar surface area (TPSA) is 40.5 Å². The lowest BCUT2D eigenvalue weighted by Gasteiger charge is -2.24. The van der Waals surface area contributed by atoms with Crippen molar-refractivity contribution in [1.29, 1.82) is 0 Å². The molecule has 0 aliphatic heterocycles. The molecule has 0 fully saturated rings. The van der Waals surface area contributed by atoms with Gasteiger partial charge in [-0.25, -0.2) is 0 Å². The zero-order valence-electron chi connectivity index (χ0n) is 12.8. The molecule has 0 spiro atoms. The minimum atomic E-state index is -1.51. The highest BCUT2D eigenvalue weighted by atomic mass is 16.4. The number of rotatable bonds is 4. The maximum absolute atomic E-state index is 9.35. The van der Waals surface area contributed by atoms with Gasteiger partial charge in [0.1, 0.15) is 0 Å². The average molecular weight is 270 g/mol. The van der Waals surface area contributed by atoms with Gasteiger partial charge < -0.3 is 10.0 Å². The summed E-state index contributed by atoms with van der Waals surface area (Å²) in [5, 5.41) is 18.7. The average Bonchev–Trinajstić information content (AvgIpc) is 2.52. The zero-order valence-corrected chi connectivity index (χ0v) is 12.8. The highest BCUT2D eigenvalue weighted by molar-refractivity contribution is 6.51. The lowest BCUT2D eigenvalue weighted by molar-refractivity contribution is 0.420. The van der Waals surface area contributed by atoms with E-state index in [1.807, 2.05) is 26.0 Å². The molecule has 0 unspecified atom stereocenters. The van der Waals surface area contributed by atoms with E-state index in [1.165, 1.54) is 6.08 Å². The van der Waals surface area contributed by atoms with Crippen molar-refractivity contribution in [3.8, 4) is 0 Å². The summed E-state index contributed by atoms with van der Waals surface area (Å²) in [4.78, 5) is 0. The Morgan fingerprint density at radius 3 is 2.35 bits per heavy atom. The van der Waals surface area contributed by atoms with Gasteiger partial charge in [0.05, 0.1) is 0 Å². The Balaban J connectivity index is 3.40. The lowest BCUT2D eigenvalue weighted by Crippen LogP contribution is -2.17. The van der Waals surface area contributed by atoms with E-state index >= 15 is 0 Å². The summed E-state index contributed by atoms with van der Waals surface area (Å²) in [5.74, 6) is 0. The van der Waals surface area contributed by atoms with Crippen LogP contribution in [0.2, 0.25) is 0 Å². The van der Waals surface area contributed by atoms with Gasteiger partial charge in [0.2, 0.25) is 0 Å². The summed E-state index contributed by atoms with van der Waals surface area (Å²) in [6.07, 6.45) is 9.31. The van der Waals surface area contributed by atoms with Crippen LogP contribution < -0.4 is 0 Å². The van der Waals surface area contributed by atoms with E-state index in [2.05, 4.69) is 33.1 Å². The largest absolute Gasteiger partial charge is 0.488 e. The second-order valence-corrected chi connectivity index (χ2v) is 5.47. The maximum Gasteiger partial charge on any atom is 0.488 e. The predicted molar refractivity (Wildman–Crippen MR) is 87.0 cm³/mol. The molecule has 2 N–H and O–H groups in total. The molecule has 20 heavy (non-hydrogen) atoms. The minimum Gasteiger partial charge on any atom is -0.423 e. The van der Waals surface area contributed by atoms with Gasteiger partial charge in [-0.3, -0.25) is 0 Å². The molecule has 0 aromatic heterocycles. The van der Waals surface area contributed by atoms with E-state index in [4.69, 9.17) is 0 Å². The van der Waals surface area contributed by atoms with E-state index in [9.17, 15) is 10.0 Å². The highest BCUT2D eigenvalue weighted by Crippen LogP contribution is 2.50. The predicted octanol–water partition coefficient (Wildman–Crippen LogP) is 3.53. The van der Waals surface area contributed by atoms with Crippen LogP contribution in [0.5, 0.6) is 0 Å². The standard InChI is InChI=1S/C17H23BO2/c1-7-9-10-15-12(3)13(4)16(17(15,5)6)11-14(8-2)18(19)20/h7-11,19-20H,2-3H2,1,4-6H3/b9-7-,14-11+,15-10+. The lowest BCUT2D eigenvalue weighted by atomic mass is 9.74. The summed E-state index contributed by atoms with van der Waals surface area (Å²) in [6, 6.07) is 0. The Kier molecular flexibility index (Phi) is 5.15. The smallest absolute Gasteiger partial charge is 0.423 e. The molecule has 0 amide bonds. The van der Waals surface area contributed by atoms with Crippen molar-refractivity contribution in [2.45, 2.75) is 27.7 Å². The Morgan fingerprint density at radius 1 is 1.30 bits per heavy atom. The molecule has 0 bridgehead atoms. The highest BCUT2D eigenvalue weighted by Gasteiger charge is 2.36. The van der Waals surface area contributed by atoms with E-state index < -0.39 is 7.12 Å². The first kappa shape index (κ1) is 16.5. The van der Waals surface area contributed by atoms with Gasteiger partial charge >= 0.3 is 7.12 Å². The second-order valence-electron chi connectivity index (χ2n) is 5.47. The van der Waals surface area contributed by atoms with Crippen LogP contribution in [-0.2, 0) is 0 Å². The van der Waals surface area contributed by atoms with Crippen LogP contribution in [-0.4, -0.2) is 17.2 Å². The molecule has 0 aromatic rings. The summed E-state index contributed by atoms with van der Waals surface area (Å²) in [6.45, 7) is 16.0. The van der Waals surface area contributed by atoms with Crippen LogP contribution in [0.1, 0.15) is 27.7 Å². The zero-order chi connectivity index (χ0) is 15.5. The third-order valence-corrected chi connectivity index (χ3v) is 3.83. The minimum absolute atomic E-state index is 0.218. The molecular weight excluding hydrogens is 247 g/mol. The Morgan fingerprint density at radius 2 is 1.90 bits per heavy atom. The number of hydrogen-bond donors (Lipinski definition) is 2. The van der Waals surface area contributed by atoms with Crippen LogP contribution in [0.15, 0.2) is 71.3 Å². The quantitative estimate of drug-likeness (QED) is 0.606. The van der Waals surface area contributed by atoms with Crippen molar-refractivity contribution in [2.75, 3.05) is 0 Å². The summed E-state index contributed by atoms with van der Waals surface area (Å²) < 4.78 is 0. The molecule has 1 aliphatic rings. The molecular formula is C17H23BO2. The van der Waals surface area contributed by atoms with Crippen LogP contribution >= 0.6 is 0 Å². The molecule has 0 atom stereocenters. The Labute approximate surface area is 122 Å². The molecule has 0 saturated heterocycles. The molecule has 0 radical (unpaired) electrons. The van der Waals surface area contributed by atoms with Crippen molar-refractivity contribution < 1.29 is 10.0 Å². The van der Waals surface area contributed by atoms with Crippen LogP contribution in [0, 0.1) is 5.41 Å². The van der Waals surface area contributed by atoms with Crippen molar-refractivity contribution in [3.63, 3.8) is 0 Å². The van der Waals surface area contributed by atoms with Crippen molar-refractivity contribution in [2.24, 2.45) is 5.41 Å². The first-order valence-electron chi connectivity index (χ1n) is 6.72. The second kappa shape index (κ2) is 6.25. The van der Waals surface area contributed by atoms with Crippen LogP contribution in [0.25, 0.3) is 0 Å². The summed E-state index contributed by atoms with van der Waals surface area (Å²) in [5.41, 5.74) is 4.44. The third-order valence-electron chi connectivity index (χ3n) is 3.83. The van der Waals surface area contributed by atoms with Crippen molar-refractivity contribution in [1.82, 2.24) is 0 Å². The molecule has 1 rings (SSSR count). The fraction of sp³-hybridized carbons (Fsp3) is 0.294. The molecule has 1 aliphatic carbocycles. The van der Waals surface area contributed by atoms with Gasteiger partial charge in [0, 0.05) is 5.41 Å². The van der Waals surface area contributed by atoms with Gasteiger partial charge in [0.25, 0.3) is 0 Å². The van der Waals surface area contributed by atoms with E-state index in [0.29, 0.717) is 5.47 Å². The molecule has 0 saturated carbocycles. The van der Waals surface area contributed by atoms with Crippen molar-refractivity contribution >= 4 is 7.12 Å². The molecule has 0 heterocycles. The molecule has 106 valence electrons. The van der Waals surface area contributed by atoms with E-state index in [0.717, 1.165) is 22.3 Å². The normalized spacial score (nSPS) is 21.2. The SMILES string of the molecule is C=C/C(=C\C1=C(C)C(=C)/C(=C\C=C/C)C1(C)C)B(O)O. The van der Waals surface area contributed by atoms with E-state index in [1.54, 1.807) is 6.08 Å². The fourth-order valence-corrected chi connectivity index (χ4v) is 2.55. The maximum atomic E-state index is 9.35.